The number of carbonyl (C=O) groups excluding carboxylic acids is 4. The molecule has 1 unspecified atom stereocenters. The summed E-state index contributed by atoms with van der Waals surface area (Å²) in [6.07, 6.45) is 3.70. The molecule has 2 aromatic carbocycles. The van der Waals surface area contributed by atoms with Gasteiger partial charge in [0.1, 0.15) is 11.9 Å². The molecule has 1 atom stereocenters. The van der Waals surface area contributed by atoms with Crippen LogP contribution in [0.4, 0.5) is 4.39 Å². The van der Waals surface area contributed by atoms with Gasteiger partial charge in [0.25, 0.3) is 11.8 Å². The van der Waals surface area contributed by atoms with Crippen LogP contribution >= 0.6 is 0 Å². The van der Waals surface area contributed by atoms with Crippen LogP contribution in [-0.2, 0) is 23.2 Å². The Morgan fingerprint density at radius 2 is 1.81 bits per heavy atom. The highest BCUT2D eigenvalue weighted by atomic mass is 19.1. The van der Waals surface area contributed by atoms with Crippen LogP contribution in [0.3, 0.4) is 0 Å². The van der Waals surface area contributed by atoms with Crippen molar-refractivity contribution < 1.29 is 23.6 Å². The molecule has 9 heteroatoms. The zero-order valence-corrected chi connectivity index (χ0v) is 20.5. The van der Waals surface area contributed by atoms with Gasteiger partial charge in [-0.25, -0.2) is 4.39 Å². The van der Waals surface area contributed by atoms with Crippen LogP contribution in [0.1, 0.15) is 63.4 Å². The van der Waals surface area contributed by atoms with Crippen LogP contribution in [0.25, 0.3) is 10.9 Å². The Labute approximate surface area is 213 Å². The van der Waals surface area contributed by atoms with Gasteiger partial charge in [-0.1, -0.05) is 0 Å². The maximum atomic E-state index is 14.6. The van der Waals surface area contributed by atoms with E-state index in [1.807, 2.05) is 47.0 Å². The Kier molecular flexibility index (Phi) is 5.58. The molecule has 3 aliphatic heterocycles. The molecule has 0 saturated carbocycles. The predicted molar refractivity (Wildman–Crippen MR) is 133 cm³/mol. The lowest BCUT2D eigenvalue weighted by atomic mass is 9.85. The number of aromatic nitrogens is 1. The quantitative estimate of drug-likeness (QED) is 0.558. The van der Waals surface area contributed by atoms with Gasteiger partial charge in [0.05, 0.1) is 0 Å². The van der Waals surface area contributed by atoms with Crippen LogP contribution in [0.2, 0.25) is 0 Å². The number of rotatable bonds is 3. The van der Waals surface area contributed by atoms with E-state index < -0.39 is 17.8 Å². The molecule has 2 fully saturated rings. The monoisotopic (exact) mass is 502 g/mol. The summed E-state index contributed by atoms with van der Waals surface area (Å²) in [7, 11) is 1.97. The summed E-state index contributed by atoms with van der Waals surface area (Å²) in [5, 5.41) is 3.32. The molecule has 0 spiro atoms. The molecule has 3 aliphatic rings. The van der Waals surface area contributed by atoms with Crippen molar-refractivity contribution in [3.05, 3.63) is 70.7 Å². The third kappa shape index (κ3) is 3.98. The van der Waals surface area contributed by atoms with Crippen molar-refractivity contribution in [1.82, 2.24) is 19.7 Å². The third-order valence-electron chi connectivity index (χ3n) is 8.01. The number of carbonyl (C=O) groups is 4. The van der Waals surface area contributed by atoms with Gasteiger partial charge in [-0.3, -0.25) is 24.5 Å². The number of nitrogens with one attached hydrogen (secondary N) is 1. The third-order valence-corrected chi connectivity index (χ3v) is 8.01. The highest BCUT2D eigenvalue weighted by molar-refractivity contribution is 6.05. The number of piperidine rings is 2. The lowest BCUT2D eigenvalue weighted by Crippen LogP contribution is -2.52. The first-order valence-electron chi connectivity index (χ1n) is 12.6. The minimum atomic E-state index is -0.741. The lowest BCUT2D eigenvalue weighted by molar-refractivity contribution is -0.136. The minimum absolute atomic E-state index is 0.000358. The number of fused-ring (bicyclic) bond motifs is 2. The first-order valence-corrected chi connectivity index (χ1v) is 12.6. The second-order valence-corrected chi connectivity index (χ2v) is 10.2. The maximum Gasteiger partial charge on any atom is 0.255 e. The molecular weight excluding hydrogens is 475 g/mol. The number of benzene rings is 2. The molecule has 0 radical (unpaired) electrons. The van der Waals surface area contributed by atoms with E-state index in [-0.39, 0.29) is 48.6 Å². The van der Waals surface area contributed by atoms with E-state index >= 15 is 0 Å². The van der Waals surface area contributed by atoms with Gasteiger partial charge >= 0.3 is 0 Å². The molecule has 2 saturated heterocycles. The van der Waals surface area contributed by atoms with Gasteiger partial charge < -0.3 is 14.4 Å². The molecular formula is C28H27FN4O4. The number of hydrogen-bond acceptors (Lipinski definition) is 4. The average molecular weight is 503 g/mol. The average Bonchev–Trinajstić information content (AvgIpc) is 3.42. The summed E-state index contributed by atoms with van der Waals surface area (Å²) >= 11 is 0. The largest absolute Gasteiger partial charge is 0.351 e. The fourth-order valence-electron chi connectivity index (χ4n) is 6.01. The number of imide groups is 1. The van der Waals surface area contributed by atoms with Gasteiger partial charge in [0.15, 0.2) is 0 Å². The predicted octanol–water partition coefficient (Wildman–Crippen LogP) is 3.10. The molecule has 4 amide bonds. The fraction of sp³-hybridized carbons (Fsp3) is 0.357. The van der Waals surface area contributed by atoms with E-state index in [9.17, 15) is 23.6 Å². The van der Waals surface area contributed by atoms with E-state index in [4.69, 9.17) is 0 Å². The summed E-state index contributed by atoms with van der Waals surface area (Å²) in [5.74, 6) is -1.72. The standard InChI is InChI=1S/C28H27FN4O4/c1-31-9-6-17-12-18(2-3-23(17)31)27(36)32-10-7-16(8-11-32)20-13-19(29)14-21-22(20)15-33(28(21)37)24-4-5-25(34)30-26(24)35/h2-3,6,9,12-14,16,24H,4-5,7-8,10-11,15H2,1H3,(H,30,34,35). The molecule has 190 valence electrons. The van der Waals surface area contributed by atoms with E-state index in [1.54, 1.807) is 0 Å². The number of halogens is 1. The van der Waals surface area contributed by atoms with Crippen LogP contribution in [0, 0.1) is 5.82 Å². The molecule has 1 N–H and O–H groups in total. The maximum absolute atomic E-state index is 14.6. The minimum Gasteiger partial charge on any atom is -0.351 e. The molecule has 3 aromatic rings. The fourth-order valence-corrected chi connectivity index (χ4v) is 6.01. The zero-order chi connectivity index (χ0) is 25.8. The van der Waals surface area contributed by atoms with Crippen molar-refractivity contribution in [3.8, 4) is 0 Å². The molecule has 0 aliphatic carbocycles. The lowest BCUT2D eigenvalue weighted by Gasteiger charge is -2.33. The van der Waals surface area contributed by atoms with Crippen LogP contribution < -0.4 is 5.32 Å². The molecule has 0 bridgehead atoms. The van der Waals surface area contributed by atoms with Crippen molar-refractivity contribution in [3.63, 3.8) is 0 Å². The summed E-state index contributed by atoms with van der Waals surface area (Å²) in [6.45, 7) is 1.28. The Hall–Kier alpha value is -4.01. The molecule has 1 aromatic heterocycles. The van der Waals surface area contributed by atoms with Crippen molar-refractivity contribution in [2.45, 2.75) is 44.2 Å². The van der Waals surface area contributed by atoms with E-state index in [1.165, 1.54) is 17.0 Å². The van der Waals surface area contributed by atoms with Gasteiger partial charge in [-0.05, 0) is 72.7 Å². The first-order chi connectivity index (χ1) is 17.8. The number of amides is 4. The first kappa shape index (κ1) is 23.4. The van der Waals surface area contributed by atoms with Crippen LogP contribution in [0.5, 0.6) is 0 Å². The Morgan fingerprint density at radius 1 is 1.03 bits per heavy atom. The zero-order valence-electron chi connectivity index (χ0n) is 20.5. The van der Waals surface area contributed by atoms with Crippen molar-refractivity contribution >= 4 is 34.5 Å². The molecule has 6 rings (SSSR count). The topological polar surface area (TPSA) is 91.7 Å². The highest BCUT2D eigenvalue weighted by Crippen LogP contribution is 2.38. The van der Waals surface area contributed by atoms with Gasteiger partial charge in [-0.2, -0.15) is 0 Å². The van der Waals surface area contributed by atoms with E-state index in [0.717, 1.165) is 22.0 Å². The Morgan fingerprint density at radius 3 is 2.57 bits per heavy atom. The Bertz CT molecular complexity index is 1470. The number of likely N-dealkylation sites (tertiary alicyclic amines) is 1. The summed E-state index contributed by atoms with van der Waals surface area (Å²) < 4.78 is 16.7. The number of nitrogens with zero attached hydrogens (tertiary/aromatic N) is 3. The molecule has 4 heterocycles. The van der Waals surface area contributed by atoms with Crippen molar-refractivity contribution in [2.24, 2.45) is 7.05 Å². The van der Waals surface area contributed by atoms with Gasteiger partial charge in [0, 0.05) is 61.3 Å². The summed E-state index contributed by atoms with van der Waals surface area (Å²) in [6, 6.07) is 9.70. The normalized spacial score (nSPS) is 20.5. The summed E-state index contributed by atoms with van der Waals surface area (Å²) in [5.41, 5.74) is 3.52. The summed E-state index contributed by atoms with van der Waals surface area (Å²) in [4.78, 5) is 53.6. The van der Waals surface area contributed by atoms with Crippen molar-refractivity contribution in [1.29, 1.82) is 0 Å². The molecule has 37 heavy (non-hydrogen) atoms. The van der Waals surface area contributed by atoms with E-state index in [2.05, 4.69) is 5.32 Å². The van der Waals surface area contributed by atoms with Gasteiger partial charge in [-0.15, -0.1) is 0 Å². The molecule has 8 nitrogen and oxygen atoms in total. The van der Waals surface area contributed by atoms with Crippen LogP contribution in [-0.4, -0.2) is 57.1 Å². The number of aryl methyl sites for hydroxylation is 1. The second-order valence-electron chi connectivity index (χ2n) is 10.2. The SMILES string of the molecule is Cn1ccc2cc(C(=O)N3CCC(c4cc(F)cc5c4CN(C4CCC(=O)NC4=O)C5=O)CC3)ccc21. The highest BCUT2D eigenvalue weighted by Gasteiger charge is 2.41. The second kappa shape index (κ2) is 8.83. The number of hydrogen-bond donors (Lipinski definition) is 1. The van der Waals surface area contributed by atoms with Crippen LogP contribution in [0.15, 0.2) is 42.6 Å². The van der Waals surface area contributed by atoms with Crippen molar-refractivity contribution in [2.75, 3.05) is 13.1 Å². The van der Waals surface area contributed by atoms with Gasteiger partial charge in [0.2, 0.25) is 11.8 Å². The smallest absolute Gasteiger partial charge is 0.255 e. The van der Waals surface area contributed by atoms with E-state index in [0.29, 0.717) is 31.5 Å². The Balaban J connectivity index is 1.19.